The maximum absolute atomic E-state index is 5.46. The summed E-state index contributed by atoms with van der Waals surface area (Å²) < 4.78 is 5.46. The third-order valence-electron chi connectivity index (χ3n) is 3.56. The first-order valence-electron chi connectivity index (χ1n) is 6.64. The molecule has 1 aliphatic rings. The Hall–Kier alpha value is -0.120. The zero-order valence-electron chi connectivity index (χ0n) is 11.3. The van der Waals surface area contributed by atoms with Gasteiger partial charge in [-0.1, -0.05) is 20.8 Å². The minimum Gasteiger partial charge on any atom is -0.379 e. The van der Waals surface area contributed by atoms with Crippen molar-refractivity contribution >= 4 is 0 Å². The van der Waals surface area contributed by atoms with Crippen LogP contribution in [0.2, 0.25) is 0 Å². The van der Waals surface area contributed by atoms with Gasteiger partial charge in [-0.25, -0.2) is 0 Å². The molecular formula is C13H28N2O. The van der Waals surface area contributed by atoms with E-state index in [2.05, 4.69) is 38.3 Å². The van der Waals surface area contributed by atoms with E-state index in [1.807, 2.05) is 0 Å². The number of nitrogens with one attached hydrogen (secondary N) is 2. The van der Waals surface area contributed by atoms with Crippen LogP contribution in [0.1, 0.15) is 34.1 Å². The summed E-state index contributed by atoms with van der Waals surface area (Å²) in [4.78, 5) is 0. The van der Waals surface area contributed by atoms with Crippen molar-refractivity contribution in [2.45, 2.75) is 46.2 Å². The first-order chi connectivity index (χ1) is 7.59. The number of ether oxygens (including phenoxy) is 1. The predicted molar refractivity (Wildman–Crippen MR) is 68.7 cm³/mol. The van der Waals surface area contributed by atoms with Crippen LogP contribution in [0.3, 0.4) is 0 Å². The first-order valence-corrected chi connectivity index (χ1v) is 6.64. The van der Waals surface area contributed by atoms with Gasteiger partial charge in [-0.15, -0.1) is 0 Å². The van der Waals surface area contributed by atoms with Crippen molar-refractivity contribution in [2.24, 2.45) is 11.8 Å². The lowest BCUT2D eigenvalue weighted by atomic mass is 9.97. The van der Waals surface area contributed by atoms with Crippen LogP contribution in [0.25, 0.3) is 0 Å². The first kappa shape index (κ1) is 13.9. The molecule has 1 rings (SSSR count). The molecule has 0 aliphatic carbocycles. The van der Waals surface area contributed by atoms with Crippen LogP contribution < -0.4 is 10.6 Å². The van der Waals surface area contributed by atoms with Gasteiger partial charge in [0.15, 0.2) is 0 Å². The molecule has 2 N–H and O–H groups in total. The van der Waals surface area contributed by atoms with Crippen LogP contribution in [0.15, 0.2) is 0 Å². The van der Waals surface area contributed by atoms with E-state index in [1.165, 1.54) is 0 Å². The van der Waals surface area contributed by atoms with Crippen LogP contribution in [0, 0.1) is 11.8 Å². The summed E-state index contributed by atoms with van der Waals surface area (Å²) in [5.74, 6) is 1.51. The van der Waals surface area contributed by atoms with Crippen molar-refractivity contribution in [3.05, 3.63) is 0 Å². The molecule has 0 aromatic heterocycles. The molecule has 0 radical (unpaired) electrons. The SMILES string of the molecule is CC(CC1COCCN1)NCC(C)C(C)C. The Bertz CT molecular complexity index is 179. The normalized spacial score (nSPS) is 25.7. The van der Waals surface area contributed by atoms with Gasteiger partial charge in [-0.05, 0) is 31.7 Å². The van der Waals surface area contributed by atoms with E-state index in [1.54, 1.807) is 0 Å². The maximum atomic E-state index is 5.46. The minimum absolute atomic E-state index is 0.533. The lowest BCUT2D eigenvalue weighted by molar-refractivity contribution is 0.0710. The van der Waals surface area contributed by atoms with Gasteiger partial charge in [-0.2, -0.15) is 0 Å². The third-order valence-corrected chi connectivity index (χ3v) is 3.56. The smallest absolute Gasteiger partial charge is 0.0620 e. The van der Waals surface area contributed by atoms with Gasteiger partial charge in [0.25, 0.3) is 0 Å². The summed E-state index contributed by atoms with van der Waals surface area (Å²) in [6.07, 6.45) is 1.16. The van der Waals surface area contributed by atoms with Crippen molar-refractivity contribution in [3.63, 3.8) is 0 Å². The molecule has 0 aromatic rings. The van der Waals surface area contributed by atoms with Gasteiger partial charge < -0.3 is 15.4 Å². The van der Waals surface area contributed by atoms with E-state index in [-0.39, 0.29) is 0 Å². The van der Waals surface area contributed by atoms with E-state index >= 15 is 0 Å². The fraction of sp³-hybridized carbons (Fsp3) is 1.00. The molecule has 0 bridgehead atoms. The topological polar surface area (TPSA) is 33.3 Å². The van der Waals surface area contributed by atoms with Gasteiger partial charge in [0.2, 0.25) is 0 Å². The van der Waals surface area contributed by atoms with E-state index < -0.39 is 0 Å². The lowest BCUT2D eigenvalue weighted by Gasteiger charge is -2.27. The van der Waals surface area contributed by atoms with Crippen molar-refractivity contribution < 1.29 is 4.74 Å². The highest BCUT2D eigenvalue weighted by Gasteiger charge is 2.16. The van der Waals surface area contributed by atoms with Crippen molar-refractivity contribution in [1.29, 1.82) is 0 Å². The summed E-state index contributed by atoms with van der Waals surface area (Å²) in [7, 11) is 0. The summed E-state index contributed by atoms with van der Waals surface area (Å²) in [6.45, 7) is 13.0. The van der Waals surface area contributed by atoms with Gasteiger partial charge in [-0.3, -0.25) is 0 Å². The molecule has 3 nitrogen and oxygen atoms in total. The van der Waals surface area contributed by atoms with E-state index in [0.717, 1.165) is 44.6 Å². The number of morpholine rings is 1. The van der Waals surface area contributed by atoms with Crippen LogP contribution in [-0.2, 0) is 4.74 Å². The molecule has 0 aromatic carbocycles. The van der Waals surface area contributed by atoms with Crippen LogP contribution in [0.5, 0.6) is 0 Å². The Morgan fingerprint density at radius 2 is 2.06 bits per heavy atom. The Labute approximate surface area is 100 Å². The van der Waals surface area contributed by atoms with E-state index in [9.17, 15) is 0 Å². The minimum atomic E-state index is 0.533. The average molecular weight is 228 g/mol. The molecule has 16 heavy (non-hydrogen) atoms. The Morgan fingerprint density at radius 3 is 2.62 bits per heavy atom. The molecule has 0 spiro atoms. The van der Waals surface area contributed by atoms with E-state index in [4.69, 9.17) is 4.74 Å². The van der Waals surface area contributed by atoms with Crippen molar-refractivity contribution in [1.82, 2.24) is 10.6 Å². The summed E-state index contributed by atoms with van der Waals surface area (Å²) in [5.41, 5.74) is 0. The molecule has 0 amide bonds. The molecule has 0 saturated carbocycles. The molecule has 1 fully saturated rings. The van der Waals surface area contributed by atoms with Gasteiger partial charge in [0, 0.05) is 18.6 Å². The summed E-state index contributed by atoms with van der Waals surface area (Å²) in [6, 6.07) is 1.10. The second-order valence-corrected chi connectivity index (χ2v) is 5.49. The molecule has 1 saturated heterocycles. The monoisotopic (exact) mass is 228 g/mol. The molecular weight excluding hydrogens is 200 g/mol. The van der Waals surface area contributed by atoms with Crippen molar-refractivity contribution in [2.75, 3.05) is 26.3 Å². The molecule has 1 aliphatic heterocycles. The largest absolute Gasteiger partial charge is 0.379 e. The Morgan fingerprint density at radius 1 is 1.31 bits per heavy atom. The Kier molecular flexibility index (Phi) is 6.32. The summed E-state index contributed by atoms with van der Waals surface area (Å²) >= 11 is 0. The standard InChI is InChI=1S/C13H28N2O/c1-10(2)11(3)8-15-12(4)7-13-9-16-6-5-14-13/h10-15H,5-9H2,1-4H3. The third kappa shape index (κ3) is 5.28. The molecule has 3 heteroatoms. The predicted octanol–water partition coefficient (Wildman–Crippen LogP) is 1.64. The zero-order chi connectivity index (χ0) is 12.0. The number of hydrogen-bond acceptors (Lipinski definition) is 3. The molecule has 3 unspecified atom stereocenters. The van der Waals surface area contributed by atoms with Gasteiger partial charge >= 0.3 is 0 Å². The van der Waals surface area contributed by atoms with Gasteiger partial charge in [0.1, 0.15) is 0 Å². The quantitative estimate of drug-likeness (QED) is 0.725. The number of hydrogen-bond donors (Lipinski definition) is 2. The average Bonchev–Trinajstić information content (AvgIpc) is 2.27. The Balaban J connectivity index is 2.12. The van der Waals surface area contributed by atoms with Crippen LogP contribution >= 0.6 is 0 Å². The second-order valence-electron chi connectivity index (χ2n) is 5.49. The summed E-state index contributed by atoms with van der Waals surface area (Å²) in [5, 5.41) is 7.11. The maximum Gasteiger partial charge on any atom is 0.0620 e. The molecule has 96 valence electrons. The fourth-order valence-electron chi connectivity index (χ4n) is 1.90. The second kappa shape index (κ2) is 7.25. The van der Waals surface area contributed by atoms with Gasteiger partial charge in [0.05, 0.1) is 13.2 Å². The zero-order valence-corrected chi connectivity index (χ0v) is 11.3. The highest BCUT2D eigenvalue weighted by atomic mass is 16.5. The van der Waals surface area contributed by atoms with E-state index in [0.29, 0.717) is 12.1 Å². The number of rotatable bonds is 6. The van der Waals surface area contributed by atoms with Crippen molar-refractivity contribution in [3.8, 4) is 0 Å². The lowest BCUT2D eigenvalue weighted by Crippen LogP contribution is -2.45. The highest BCUT2D eigenvalue weighted by Crippen LogP contribution is 2.09. The fourth-order valence-corrected chi connectivity index (χ4v) is 1.90. The molecule has 1 heterocycles. The highest BCUT2D eigenvalue weighted by molar-refractivity contribution is 4.76. The van der Waals surface area contributed by atoms with Crippen LogP contribution in [-0.4, -0.2) is 38.4 Å². The van der Waals surface area contributed by atoms with Crippen LogP contribution in [0.4, 0.5) is 0 Å². The molecule has 3 atom stereocenters.